The first kappa shape index (κ1) is 13.0. The fraction of sp³-hybridized carbons (Fsp3) is 0.267. The zero-order valence-corrected chi connectivity index (χ0v) is 11.5. The summed E-state index contributed by atoms with van der Waals surface area (Å²) in [5.41, 5.74) is 1.18. The first-order chi connectivity index (χ1) is 8.65. The van der Waals surface area contributed by atoms with Crippen LogP contribution in [0.3, 0.4) is 0 Å². The summed E-state index contributed by atoms with van der Waals surface area (Å²) in [5, 5.41) is 0.194. The Labute approximate surface area is 112 Å². The summed E-state index contributed by atoms with van der Waals surface area (Å²) in [6.45, 7) is 4.14. The zero-order chi connectivity index (χ0) is 13.0. The molecule has 3 heteroatoms. The highest BCUT2D eigenvalue weighted by Gasteiger charge is 2.18. The molecule has 1 aliphatic rings. The van der Waals surface area contributed by atoms with Crippen molar-refractivity contribution in [2.45, 2.75) is 24.1 Å². The highest BCUT2D eigenvalue weighted by atomic mass is 32.2. The standard InChI is InChI=1S/C15H17NOS/c1-12-8-9-15(16(10-12)11-13(2)17)18-14-6-4-3-5-7-14/h3-10,15H,11H2,1-2H3. The van der Waals surface area contributed by atoms with E-state index < -0.39 is 0 Å². The molecule has 94 valence electrons. The van der Waals surface area contributed by atoms with Crippen molar-refractivity contribution in [1.29, 1.82) is 0 Å². The number of ketones is 1. The molecular weight excluding hydrogens is 242 g/mol. The molecular formula is C15H17NOS. The van der Waals surface area contributed by atoms with E-state index in [2.05, 4.69) is 35.4 Å². The molecule has 0 fully saturated rings. The molecule has 0 radical (unpaired) electrons. The minimum Gasteiger partial charge on any atom is -0.354 e. The van der Waals surface area contributed by atoms with E-state index in [-0.39, 0.29) is 11.2 Å². The first-order valence-corrected chi connectivity index (χ1v) is 6.86. The lowest BCUT2D eigenvalue weighted by Crippen LogP contribution is -2.32. The van der Waals surface area contributed by atoms with Crippen molar-refractivity contribution in [3.63, 3.8) is 0 Å². The van der Waals surface area contributed by atoms with Gasteiger partial charge >= 0.3 is 0 Å². The van der Waals surface area contributed by atoms with Crippen molar-refractivity contribution in [1.82, 2.24) is 4.90 Å². The number of hydrogen-bond acceptors (Lipinski definition) is 3. The molecule has 1 unspecified atom stereocenters. The highest BCUT2D eigenvalue weighted by molar-refractivity contribution is 8.00. The van der Waals surface area contributed by atoms with Crippen LogP contribution in [0.2, 0.25) is 0 Å². The molecule has 2 rings (SSSR count). The van der Waals surface area contributed by atoms with Gasteiger partial charge in [-0.25, -0.2) is 0 Å². The quantitative estimate of drug-likeness (QED) is 0.826. The molecule has 2 nitrogen and oxygen atoms in total. The Hall–Kier alpha value is -1.48. The number of hydrogen-bond donors (Lipinski definition) is 0. The molecule has 18 heavy (non-hydrogen) atoms. The second kappa shape index (κ2) is 5.91. The number of thioether (sulfide) groups is 1. The van der Waals surface area contributed by atoms with E-state index >= 15 is 0 Å². The minimum atomic E-state index is 0.188. The van der Waals surface area contributed by atoms with Crippen molar-refractivity contribution in [3.05, 3.63) is 54.3 Å². The molecule has 0 aromatic heterocycles. The SMILES string of the molecule is CC(=O)CN1C=C(C)C=CC1Sc1ccccc1. The van der Waals surface area contributed by atoms with E-state index in [1.165, 1.54) is 10.5 Å². The van der Waals surface area contributed by atoms with Crippen molar-refractivity contribution >= 4 is 17.5 Å². The molecule has 0 aliphatic carbocycles. The largest absolute Gasteiger partial charge is 0.354 e. The number of carbonyl (C=O) groups excluding carboxylic acids is 1. The van der Waals surface area contributed by atoms with Gasteiger partial charge in [-0.05, 0) is 31.6 Å². The molecule has 0 spiro atoms. The van der Waals surface area contributed by atoms with Gasteiger partial charge in [0.05, 0.1) is 11.9 Å². The second-order valence-corrected chi connectivity index (χ2v) is 5.62. The molecule has 0 saturated carbocycles. The summed E-state index contributed by atoms with van der Waals surface area (Å²) in [5.74, 6) is 0.188. The monoisotopic (exact) mass is 259 g/mol. The van der Waals surface area contributed by atoms with Crippen LogP contribution in [0.1, 0.15) is 13.8 Å². The number of rotatable bonds is 4. The van der Waals surface area contributed by atoms with Gasteiger partial charge in [0.25, 0.3) is 0 Å². The third kappa shape index (κ3) is 3.50. The molecule has 0 bridgehead atoms. The van der Waals surface area contributed by atoms with Gasteiger partial charge in [-0.2, -0.15) is 0 Å². The normalized spacial score (nSPS) is 18.7. The Morgan fingerprint density at radius 1 is 1.33 bits per heavy atom. The topological polar surface area (TPSA) is 20.3 Å². The Kier molecular flexibility index (Phi) is 4.26. The third-order valence-corrected chi connectivity index (χ3v) is 3.84. The third-order valence-electron chi connectivity index (χ3n) is 2.63. The molecule has 1 heterocycles. The smallest absolute Gasteiger partial charge is 0.149 e. The number of carbonyl (C=O) groups is 1. The Balaban J connectivity index is 2.10. The van der Waals surface area contributed by atoms with Crippen molar-refractivity contribution in [3.8, 4) is 0 Å². The van der Waals surface area contributed by atoms with Gasteiger partial charge in [0.1, 0.15) is 5.78 Å². The summed E-state index contributed by atoms with van der Waals surface area (Å²) in [6, 6.07) is 10.3. The maximum Gasteiger partial charge on any atom is 0.149 e. The van der Waals surface area contributed by atoms with E-state index in [1.807, 2.05) is 25.1 Å². The van der Waals surface area contributed by atoms with Crippen LogP contribution in [-0.2, 0) is 4.79 Å². The summed E-state index contributed by atoms with van der Waals surface area (Å²) in [6.07, 6.45) is 6.31. The zero-order valence-electron chi connectivity index (χ0n) is 10.7. The maximum atomic E-state index is 11.3. The predicted octanol–water partition coefficient (Wildman–Crippen LogP) is 3.47. The van der Waals surface area contributed by atoms with Gasteiger partial charge in [-0.1, -0.05) is 42.1 Å². The lowest BCUT2D eigenvalue weighted by Gasteiger charge is -2.30. The molecule has 1 atom stereocenters. The van der Waals surface area contributed by atoms with Gasteiger partial charge in [0, 0.05) is 11.1 Å². The summed E-state index contributed by atoms with van der Waals surface area (Å²) < 4.78 is 0. The van der Waals surface area contributed by atoms with Gasteiger partial charge < -0.3 is 4.90 Å². The lowest BCUT2D eigenvalue weighted by atomic mass is 10.2. The number of allylic oxidation sites excluding steroid dienone is 2. The number of Topliss-reactive ketones (excluding diaryl/α,β-unsaturated/α-hetero) is 1. The molecule has 0 amide bonds. The number of benzene rings is 1. The Bertz CT molecular complexity index is 479. The van der Waals surface area contributed by atoms with Crippen molar-refractivity contribution in [2.75, 3.05) is 6.54 Å². The Morgan fingerprint density at radius 3 is 2.72 bits per heavy atom. The van der Waals surface area contributed by atoms with Crippen LogP contribution in [0.15, 0.2) is 59.2 Å². The van der Waals surface area contributed by atoms with Crippen LogP contribution in [-0.4, -0.2) is 22.6 Å². The molecule has 1 aliphatic heterocycles. The van der Waals surface area contributed by atoms with Crippen LogP contribution in [0.4, 0.5) is 0 Å². The Morgan fingerprint density at radius 2 is 2.06 bits per heavy atom. The van der Waals surface area contributed by atoms with Gasteiger partial charge in [0.2, 0.25) is 0 Å². The van der Waals surface area contributed by atoms with E-state index in [4.69, 9.17) is 0 Å². The van der Waals surface area contributed by atoms with E-state index in [0.29, 0.717) is 6.54 Å². The van der Waals surface area contributed by atoms with Crippen LogP contribution < -0.4 is 0 Å². The van der Waals surface area contributed by atoms with E-state index in [9.17, 15) is 4.79 Å². The van der Waals surface area contributed by atoms with Gasteiger partial charge in [-0.3, -0.25) is 4.79 Å². The number of nitrogens with zero attached hydrogens (tertiary/aromatic N) is 1. The summed E-state index contributed by atoms with van der Waals surface area (Å²) in [4.78, 5) is 14.6. The molecule has 1 aromatic rings. The average molecular weight is 259 g/mol. The second-order valence-electron chi connectivity index (χ2n) is 4.43. The van der Waals surface area contributed by atoms with Crippen LogP contribution in [0.25, 0.3) is 0 Å². The van der Waals surface area contributed by atoms with Crippen LogP contribution >= 0.6 is 11.8 Å². The van der Waals surface area contributed by atoms with Crippen molar-refractivity contribution in [2.24, 2.45) is 0 Å². The fourth-order valence-electron chi connectivity index (χ4n) is 1.86. The van der Waals surface area contributed by atoms with Gasteiger partial charge in [0.15, 0.2) is 0 Å². The summed E-state index contributed by atoms with van der Waals surface area (Å²) >= 11 is 1.76. The van der Waals surface area contributed by atoms with E-state index in [1.54, 1.807) is 18.7 Å². The lowest BCUT2D eigenvalue weighted by molar-refractivity contribution is -0.117. The van der Waals surface area contributed by atoms with Crippen LogP contribution in [0, 0.1) is 0 Å². The fourth-order valence-corrected chi connectivity index (χ4v) is 2.88. The predicted molar refractivity (Wildman–Crippen MR) is 76.4 cm³/mol. The maximum absolute atomic E-state index is 11.3. The summed E-state index contributed by atoms with van der Waals surface area (Å²) in [7, 11) is 0. The minimum absolute atomic E-state index is 0.188. The van der Waals surface area contributed by atoms with E-state index in [0.717, 1.165) is 0 Å². The molecule has 0 saturated heterocycles. The van der Waals surface area contributed by atoms with Gasteiger partial charge in [-0.15, -0.1) is 0 Å². The van der Waals surface area contributed by atoms with Crippen molar-refractivity contribution < 1.29 is 4.79 Å². The first-order valence-electron chi connectivity index (χ1n) is 5.98. The molecule has 0 N–H and O–H groups in total. The van der Waals surface area contributed by atoms with Crippen LogP contribution in [0.5, 0.6) is 0 Å². The molecule has 1 aromatic carbocycles. The average Bonchev–Trinajstić information content (AvgIpc) is 2.33. The highest BCUT2D eigenvalue weighted by Crippen LogP contribution is 2.29.